The molecule has 1 unspecified atom stereocenters. The van der Waals surface area contributed by atoms with E-state index in [1.54, 1.807) is 12.1 Å². The number of aromatic hydroxyl groups is 1. The minimum atomic E-state index is 0.264. The van der Waals surface area contributed by atoms with Crippen LogP contribution in [0.25, 0.3) is 0 Å². The van der Waals surface area contributed by atoms with E-state index < -0.39 is 0 Å². The quantitative estimate of drug-likeness (QED) is 0.901. The fourth-order valence-electron chi connectivity index (χ4n) is 3.74. The summed E-state index contributed by atoms with van der Waals surface area (Å²) in [6.45, 7) is 5.83. The highest BCUT2D eigenvalue weighted by molar-refractivity contribution is 5.76. The molecule has 1 atom stereocenters. The Hall–Kier alpha value is -1.55. The molecule has 4 heteroatoms. The number of amides is 1. The van der Waals surface area contributed by atoms with E-state index in [1.807, 2.05) is 11.0 Å². The van der Waals surface area contributed by atoms with Gasteiger partial charge in [-0.1, -0.05) is 13.0 Å². The molecule has 22 heavy (non-hydrogen) atoms. The van der Waals surface area contributed by atoms with Gasteiger partial charge in [-0.3, -0.25) is 4.79 Å². The molecule has 1 aromatic carbocycles. The van der Waals surface area contributed by atoms with Gasteiger partial charge in [0.05, 0.1) is 0 Å². The SMILES string of the molecule is CC(CC(=O)N1CCc2ccc(O)cc2C1)C1CCNCC1. The minimum Gasteiger partial charge on any atom is -0.508 e. The summed E-state index contributed by atoms with van der Waals surface area (Å²) in [5, 5.41) is 13.0. The zero-order chi connectivity index (χ0) is 15.5. The zero-order valence-corrected chi connectivity index (χ0v) is 13.3. The summed E-state index contributed by atoms with van der Waals surface area (Å²) in [5.74, 6) is 1.68. The van der Waals surface area contributed by atoms with Crippen molar-refractivity contribution >= 4 is 5.91 Å². The number of benzene rings is 1. The van der Waals surface area contributed by atoms with Gasteiger partial charge in [0, 0.05) is 19.5 Å². The largest absolute Gasteiger partial charge is 0.508 e. The van der Waals surface area contributed by atoms with Gasteiger partial charge in [0.1, 0.15) is 5.75 Å². The third-order valence-electron chi connectivity index (χ3n) is 5.24. The molecule has 2 heterocycles. The Bertz CT molecular complexity index is 538. The normalized spacial score (nSPS) is 20.5. The Labute approximate surface area is 132 Å². The van der Waals surface area contributed by atoms with Crippen LogP contribution in [0.15, 0.2) is 18.2 Å². The van der Waals surface area contributed by atoms with Gasteiger partial charge in [0.2, 0.25) is 5.91 Å². The summed E-state index contributed by atoms with van der Waals surface area (Å²) in [6.07, 6.45) is 3.91. The first-order valence-electron chi connectivity index (χ1n) is 8.43. The maximum Gasteiger partial charge on any atom is 0.223 e. The van der Waals surface area contributed by atoms with Crippen LogP contribution in [0.2, 0.25) is 0 Å². The molecule has 2 aliphatic heterocycles. The van der Waals surface area contributed by atoms with Gasteiger partial charge in [-0.25, -0.2) is 0 Å². The third-order valence-corrected chi connectivity index (χ3v) is 5.24. The number of nitrogens with zero attached hydrogens (tertiary/aromatic N) is 1. The Morgan fingerprint density at radius 1 is 1.36 bits per heavy atom. The molecule has 4 nitrogen and oxygen atoms in total. The van der Waals surface area contributed by atoms with Crippen molar-refractivity contribution in [1.29, 1.82) is 0 Å². The molecule has 2 aliphatic rings. The lowest BCUT2D eigenvalue weighted by atomic mass is 9.83. The van der Waals surface area contributed by atoms with Gasteiger partial charge in [-0.05, 0) is 67.4 Å². The summed E-state index contributed by atoms with van der Waals surface area (Å²) in [5.41, 5.74) is 2.35. The number of phenolic OH excluding ortho intramolecular Hbond substituents is 1. The predicted octanol–water partition coefficient (Wildman–Crippen LogP) is 2.30. The maximum atomic E-state index is 12.6. The molecule has 2 N–H and O–H groups in total. The van der Waals surface area contributed by atoms with Crippen LogP contribution in [0.1, 0.15) is 37.3 Å². The van der Waals surface area contributed by atoms with Crippen molar-refractivity contribution < 1.29 is 9.90 Å². The molecule has 0 radical (unpaired) electrons. The molecule has 1 fully saturated rings. The standard InChI is InChI=1S/C18H26N2O2/c1-13(14-4-7-19-8-5-14)10-18(22)20-9-6-15-2-3-17(21)11-16(15)12-20/h2-3,11,13-14,19,21H,4-10,12H2,1H3. The molecule has 0 bridgehead atoms. The van der Waals surface area contributed by atoms with Crippen molar-refractivity contribution in [3.8, 4) is 5.75 Å². The van der Waals surface area contributed by atoms with Crippen molar-refractivity contribution in [1.82, 2.24) is 10.2 Å². The van der Waals surface area contributed by atoms with E-state index in [-0.39, 0.29) is 11.7 Å². The molecule has 0 saturated carbocycles. The second-order valence-corrected chi connectivity index (χ2v) is 6.79. The summed E-state index contributed by atoms with van der Waals surface area (Å²) in [7, 11) is 0. The van der Waals surface area contributed by atoms with E-state index in [9.17, 15) is 9.90 Å². The Balaban J connectivity index is 1.59. The molecule has 1 saturated heterocycles. The van der Waals surface area contributed by atoms with Crippen molar-refractivity contribution in [2.24, 2.45) is 11.8 Å². The second-order valence-electron chi connectivity index (χ2n) is 6.79. The summed E-state index contributed by atoms with van der Waals surface area (Å²) in [4.78, 5) is 14.6. The fraction of sp³-hybridized carbons (Fsp3) is 0.611. The van der Waals surface area contributed by atoms with E-state index in [4.69, 9.17) is 0 Å². The number of phenols is 1. The number of carbonyl (C=O) groups is 1. The fourth-order valence-corrected chi connectivity index (χ4v) is 3.74. The monoisotopic (exact) mass is 302 g/mol. The summed E-state index contributed by atoms with van der Waals surface area (Å²) in [6, 6.07) is 5.50. The second kappa shape index (κ2) is 6.69. The van der Waals surface area contributed by atoms with Crippen LogP contribution in [-0.2, 0) is 17.8 Å². The molecule has 1 aromatic rings. The Morgan fingerprint density at radius 2 is 2.14 bits per heavy atom. The van der Waals surface area contributed by atoms with E-state index >= 15 is 0 Å². The van der Waals surface area contributed by atoms with E-state index in [2.05, 4.69) is 12.2 Å². The van der Waals surface area contributed by atoms with E-state index in [0.29, 0.717) is 24.8 Å². The maximum absolute atomic E-state index is 12.6. The van der Waals surface area contributed by atoms with Gasteiger partial charge in [0.15, 0.2) is 0 Å². The van der Waals surface area contributed by atoms with Gasteiger partial charge in [-0.2, -0.15) is 0 Å². The molecule has 0 aromatic heterocycles. The minimum absolute atomic E-state index is 0.264. The van der Waals surface area contributed by atoms with Crippen LogP contribution in [0.4, 0.5) is 0 Å². The summed E-state index contributed by atoms with van der Waals surface area (Å²) >= 11 is 0. The van der Waals surface area contributed by atoms with Crippen molar-refractivity contribution in [2.75, 3.05) is 19.6 Å². The average Bonchev–Trinajstić information content (AvgIpc) is 2.54. The van der Waals surface area contributed by atoms with Gasteiger partial charge < -0.3 is 15.3 Å². The van der Waals surface area contributed by atoms with Gasteiger partial charge >= 0.3 is 0 Å². The first-order valence-corrected chi connectivity index (χ1v) is 8.43. The highest BCUT2D eigenvalue weighted by Gasteiger charge is 2.26. The third kappa shape index (κ3) is 3.43. The zero-order valence-electron chi connectivity index (χ0n) is 13.3. The Morgan fingerprint density at radius 3 is 2.91 bits per heavy atom. The number of piperidine rings is 1. The molecular weight excluding hydrogens is 276 g/mol. The highest BCUT2D eigenvalue weighted by atomic mass is 16.3. The first kappa shape index (κ1) is 15.3. The highest BCUT2D eigenvalue weighted by Crippen LogP contribution is 2.27. The topological polar surface area (TPSA) is 52.6 Å². The van der Waals surface area contributed by atoms with Crippen molar-refractivity contribution in [3.05, 3.63) is 29.3 Å². The molecule has 1 amide bonds. The van der Waals surface area contributed by atoms with Crippen LogP contribution in [0.3, 0.4) is 0 Å². The van der Waals surface area contributed by atoms with E-state index in [1.165, 1.54) is 18.4 Å². The van der Waals surface area contributed by atoms with Crippen LogP contribution in [-0.4, -0.2) is 35.5 Å². The number of hydrogen-bond acceptors (Lipinski definition) is 3. The number of fused-ring (bicyclic) bond motifs is 1. The predicted molar refractivity (Wildman–Crippen MR) is 86.6 cm³/mol. The van der Waals surface area contributed by atoms with Crippen LogP contribution in [0, 0.1) is 11.8 Å². The number of hydrogen-bond donors (Lipinski definition) is 2. The molecular formula is C18H26N2O2. The van der Waals surface area contributed by atoms with Gasteiger partial charge in [-0.15, -0.1) is 0 Å². The lowest BCUT2D eigenvalue weighted by molar-refractivity contribution is -0.133. The average molecular weight is 302 g/mol. The van der Waals surface area contributed by atoms with E-state index in [0.717, 1.165) is 31.6 Å². The lowest BCUT2D eigenvalue weighted by Crippen LogP contribution is -2.38. The number of carbonyl (C=O) groups excluding carboxylic acids is 1. The molecule has 0 spiro atoms. The van der Waals surface area contributed by atoms with Gasteiger partial charge in [0.25, 0.3) is 0 Å². The lowest BCUT2D eigenvalue weighted by Gasteiger charge is -2.32. The van der Waals surface area contributed by atoms with Crippen molar-refractivity contribution in [2.45, 2.75) is 39.2 Å². The molecule has 3 rings (SSSR count). The van der Waals surface area contributed by atoms with Crippen LogP contribution in [0.5, 0.6) is 5.75 Å². The molecule has 0 aliphatic carbocycles. The van der Waals surface area contributed by atoms with Crippen LogP contribution < -0.4 is 5.32 Å². The first-order chi connectivity index (χ1) is 10.6. The summed E-state index contributed by atoms with van der Waals surface area (Å²) < 4.78 is 0. The van der Waals surface area contributed by atoms with Crippen LogP contribution >= 0.6 is 0 Å². The smallest absolute Gasteiger partial charge is 0.223 e. The Kier molecular flexibility index (Phi) is 4.67. The van der Waals surface area contributed by atoms with Crippen molar-refractivity contribution in [3.63, 3.8) is 0 Å². The number of rotatable bonds is 3. The number of nitrogens with one attached hydrogen (secondary N) is 1. The molecule has 120 valence electrons.